The van der Waals surface area contributed by atoms with E-state index in [2.05, 4.69) is 5.32 Å². The molecule has 0 aliphatic rings. The number of aliphatic carboxylic acids is 1. The number of aromatic hydroxyl groups is 1. The molecule has 0 aromatic heterocycles. The molecule has 4 aromatic carbocycles. The number of carbonyl (C=O) groups excluding carboxylic acids is 1. The number of ether oxygens (including phenoxy) is 2. The van der Waals surface area contributed by atoms with Crippen LogP contribution in [-0.2, 0) is 9.53 Å². The first-order chi connectivity index (χ1) is 17.0. The summed E-state index contributed by atoms with van der Waals surface area (Å²) in [6.45, 7) is 0. The van der Waals surface area contributed by atoms with Crippen LogP contribution in [0.15, 0.2) is 109 Å². The van der Waals surface area contributed by atoms with E-state index in [1.807, 2.05) is 12.1 Å². The maximum atomic E-state index is 12.9. The third-order valence-corrected chi connectivity index (χ3v) is 5.24. The Balaban J connectivity index is 1.78. The second-order valence-electron chi connectivity index (χ2n) is 7.63. The average molecular weight is 469 g/mol. The van der Waals surface area contributed by atoms with Gasteiger partial charge in [0.15, 0.2) is 12.2 Å². The van der Waals surface area contributed by atoms with E-state index >= 15 is 0 Å². The van der Waals surface area contributed by atoms with Gasteiger partial charge in [0.1, 0.15) is 11.5 Å². The van der Waals surface area contributed by atoms with Crippen molar-refractivity contribution in [1.29, 1.82) is 0 Å². The van der Waals surface area contributed by atoms with Gasteiger partial charge in [-0.2, -0.15) is 0 Å². The van der Waals surface area contributed by atoms with Gasteiger partial charge in [-0.15, -0.1) is 0 Å². The van der Waals surface area contributed by atoms with Gasteiger partial charge >= 0.3 is 12.1 Å². The van der Waals surface area contributed by atoms with E-state index in [-0.39, 0.29) is 5.75 Å². The zero-order valence-corrected chi connectivity index (χ0v) is 18.6. The fraction of sp³-hybridized carbons (Fsp3) is 0.0714. The van der Waals surface area contributed by atoms with Gasteiger partial charge < -0.3 is 19.7 Å². The predicted octanol–water partition coefficient (Wildman–Crippen LogP) is 5.92. The molecule has 0 bridgehead atoms. The summed E-state index contributed by atoms with van der Waals surface area (Å²) in [7, 11) is 0. The highest BCUT2D eigenvalue weighted by atomic mass is 16.6. The standard InChI is InChI=1S/C28H23NO6/c30-24-16-15-23(21-13-7-8-14-22(21)24)27(35-28(33)29-19-9-3-1-4-10-19)25(17-18-26(31)32)34-20-11-5-2-6-12-20/h1-18,25,27,30H,(H,29,33)(H,31,32)/b18-17+/t25-,27-/m0/s1. The lowest BCUT2D eigenvalue weighted by Gasteiger charge is -2.27. The number of carboxylic acid groups (broad SMARTS) is 1. The molecule has 3 N–H and O–H groups in total. The zero-order valence-electron chi connectivity index (χ0n) is 18.6. The van der Waals surface area contributed by atoms with Crippen molar-refractivity contribution in [3.05, 3.63) is 115 Å². The Labute approximate surface area is 201 Å². The molecule has 0 heterocycles. The van der Waals surface area contributed by atoms with Crippen LogP contribution in [0.25, 0.3) is 10.8 Å². The molecule has 0 aliphatic carbocycles. The summed E-state index contributed by atoms with van der Waals surface area (Å²) in [4.78, 5) is 24.3. The predicted molar refractivity (Wildman–Crippen MR) is 133 cm³/mol. The van der Waals surface area contributed by atoms with Gasteiger partial charge in [-0.25, -0.2) is 9.59 Å². The molecule has 0 unspecified atom stereocenters. The van der Waals surface area contributed by atoms with E-state index in [4.69, 9.17) is 9.47 Å². The lowest BCUT2D eigenvalue weighted by molar-refractivity contribution is -0.131. The number of nitrogens with one attached hydrogen (secondary N) is 1. The Kier molecular flexibility index (Phi) is 7.28. The summed E-state index contributed by atoms with van der Waals surface area (Å²) in [6.07, 6.45) is -0.522. The van der Waals surface area contributed by atoms with Gasteiger partial charge in [-0.1, -0.05) is 66.7 Å². The first-order valence-corrected chi connectivity index (χ1v) is 10.9. The molecular weight excluding hydrogens is 446 g/mol. The van der Waals surface area contributed by atoms with E-state index in [1.54, 1.807) is 78.9 Å². The molecule has 0 aliphatic heterocycles. The largest absolute Gasteiger partial charge is 0.507 e. The van der Waals surface area contributed by atoms with Crippen LogP contribution in [0.5, 0.6) is 11.5 Å². The number of fused-ring (bicyclic) bond motifs is 1. The van der Waals surface area contributed by atoms with Gasteiger partial charge in [0.2, 0.25) is 0 Å². The average Bonchev–Trinajstić information content (AvgIpc) is 2.87. The van der Waals surface area contributed by atoms with Crippen LogP contribution >= 0.6 is 0 Å². The van der Waals surface area contributed by atoms with Crippen molar-refractivity contribution < 1.29 is 29.3 Å². The third-order valence-electron chi connectivity index (χ3n) is 5.24. The van der Waals surface area contributed by atoms with E-state index in [9.17, 15) is 19.8 Å². The molecular formula is C28H23NO6. The van der Waals surface area contributed by atoms with Crippen molar-refractivity contribution >= 4 is 28.5 Å². The molecule has 4 aromatic rings. The summed E-state index contributed by atoms with van der Waals surface area (Å²) in [5, 5.41) is 23.5. The fourth-order valence-electron chi connectivity index (χ4n) is 3.68. The molecule has 4 rings (SSSR count). The number of carbonyl (C=O) groups is 2. The van der Waals surface area contributed by atoms with Crippen molar-refractivity contribution in [1.82, 2.24) is 0 Å². The van der Waals surface area contributed by atoms with Crippen molar-refractivity contribution in [3.63, 3.8) is 0 Å². The first-order valence-electron chi connectivity index (χ1n) is 10.9. The Hall–Kier alpha value is -4.78. The molecule has 0 radical (unpaired) electrons. The molecule has 176 valence electrons. The number of hydrogen-bond acceptors (Lipinski definition) is 5. The van der Waals surface area contributed by atoms with Crippen molar-refractivity contribution in [2.24, 2.45) is 0 Å². The van der Waals surface area contributed by atoms with Crippen LogP contribution in [0.1, 0.15) is 11.7 Å². The molecule has 35 heavy (non-hydrogen) atoms. The molecule has 0 fully saturated rings. The Bertz CT molecular complexity index is 1340. The van der Waals surface area contributed by atoms with Crippen LogP contribution in [0, 0.1) is 0 Å². The summed E-state index contributed by atoms with van der Waals surface area (Å²) in [6, 6.07) is 27.9. The number of carboxylic acids is 1. The lowest BCUT2D eigenvalue weighted by Crippen LogP contribution is -2.30. The molecule has 1 amide bonds. The number of rotatable bonds is 8. The number of para-hydroxylation sites is 2. The van der Waals surface area contributed by atoms with Gasteiger partial charge in [-0.3, -0.25) is 5.32 Å². The maximum absolute atomic E-state index is 12.9. The molecule has 7 nitrogen and oxygen atoms in total. The number of anilines is 1. The smallest absolute Gasteiger partial charge is 0.412 e. The molecule has 2 atom stereocenters. The van der Waals surface area contributed by atoms with Gasteiger partial charge in [0.05, 0.1) is 0 Å². The van der Waals surface area contributed by atoms with Gasteiger partial charge in [-0.05, 0) is 41.8 Å². The Morgan fingerprint density at radius 2 is 1.43 bits per heavy atom. The number of amides is 1. The highest BCUT2D eigenvalue weighted by molar-refractivity contribution is 5.92. The molecule has 0 saturated carbocycles. The fourth-order valence-corrected chi connectivity index (χ4v) is 3.68. The number of hydrogen-bond donors (Lipinski definition) is 3. The minimum atomic E-state index is -1.17. The van der Waals surface area contributed by atoms with E-state index in [0.29, 0.717) is 27.8 Å². The summed E-state index contributed by atoms with van der Waals surface area (Å²) in [5.74, 6) is -0.638. The lowest BCUT2D eigenvalue weighted by atomic mass is 9.96. The number of benzene rings is 4. The summed E-state index contributed by atoms with van der Waals surface area (Å²) >= 11 is 0. The second kappa shape index (κ2) is 10.9. The molecule has 0 spiro atoms. The van der Waals surface area contributed by atoms with Gasteiger partial charge in [0, 0.05) is 22.7 Å². The number of phenolic OH excluding ortho intramolecular Hbond substituents is 1. The molecule has 7 heteroatoms. The number of phenols is 1. The SMILES string of the molecule is O=C(O)/C=C/[C@H](Oc1ccccc1)[C@@H](OC(=O)Nc1ccccc1)c1ccc(O)c2ccccc12. The normalized spacial score (nSPS) is 12.7. The quantitative estimate of drug-likeness (QED) is 0.277. The van der Waals surface area contributed by atoms with Crippen molar-refractivity contribution in [2.75, 3.05) is 5.32 Å². The van der Waals surface area contributed by atoms with Crippen LogP contribution < -0.4 is 10.1 Å². The van der Waals surface area contributed by atoms with Crippen molar-refractivity contribution in [2.45, 2.75) is 12.2 Å². The van der Waals surface area contributed by atoms with Crippen LogP contribution in [-0.4, -0.2) is 28.4 Å². The van der Waals surface area contributed by atoms with Crippen LogP contribution in [0.3, 0.4) is 0 Å². The van der Waals surface area contributed by atoms with E-state index in [0.717, 1.165) is 6.08 Å². The van der Waals surface area contributed by atoms with E-state index < -0.39 is 24.3 Å². The van der Waals surface area contributed by atoms with E-state index in [1.165, 1.54) is 12.1 Å². The topological polar surface area (TPSA) is 105 Å². The van der Waals surface area contributed by atoms with Crippen LogP contribution in [0.4, 0.5) is 10.5 Å². The Morgan fingerprint density at radius 3 is 2.11 bits per heavy atom. The summed E-state index contributed by atoms with van der Waals surface area (Å²) < 4.78 is 11.9. The zero-order chi connectivity index (χ0) is 24.6. The minimum absolute atomic E-state index is 0.0680. The minimum Gasteiger partial charge on any atom is -0.507 e. The second-order valence-corrected chi connectivity index (χ2v) is 7.63. The highest BCUT2D eigenvalue weighted by Gasteiger charge is 2.29. The third kappa shape index (κ3) is 5.97. The monoisotopic (exact) mass is 469 g/mol. The maximum Gasteiger partial charge on any atom is 0.412 e. The van der Waals surface area contributed by atoms with Crippen LogP contribution in [0.2, 0.25) is 0 Å². The van der Waals surface area contributed by atoms with Crippen molar-refractivity contribution in [3.8, 4) is 11.5 Å². The first kappa shape index (κ1) is 23.4. The highest BCUT2D eigenvalue weighted by Crippen LogP contribution is 2.35. The summed E-state index contributed by atoms with van der Waals surface area (Å²) in [5.41, 5.74) is 1.08. The molecule has 0 saturated heterocycles. The van der Waals surface area contributed by atoms with Gasteiger partial charge in [0.25, 0.3) is 0 Å². The Morgan fingerprint density at radius 1 is 0.800 bits per heavy atom.